The van der Waals surface area contributed by atoms with Gasteiger partial charge in [-0.3, -0.25) is 9.88 Å². The predicted molar refractivity (Wildman–Crippen MR) is 123 cm³/mol. The molecule has 2 aromatic heterocycles. The zero-order chi connectivity index (χ0) is 21.6. The standard InChI is InChI=1S/C26H33N3O2/c1-18(2)31-24-8-4-20(5-9-24)16-28-22-6-7-23(28)14-26(30,13-22)17-29-19(3)12-21-10-11-27-15-25(21)29/h4-5,8-12,15,18,22-23,30H,6-7,13-14,16-17H2,1-3H3. The van der Waals surface area contributed by atoms with Gasteiger partial charge in [-0.15, -0.1) is 0 Å². The van der Waals surface area contributed by atoms with Crippen LogP contribution in [0.5, 0.6) is 5.75 Å². The lowest BCUT2D eigenvalue weighted by Gasteiger charge is -2.44. The Morgan fingerprint density at radius 2 is 1.84 bits per heavy atom. The summed E-state index contributed by atoms with van der Waals surface area (Å²) in [7, 11) is 0. The Morgan fingerprint density at radius 1 is 1.13 bits per heavy atom. The van der Waals surface area contributed by atoms with E-state index in [1.54, 1.807) is 0 Å². The summed E-state index contributed by atoms with van der Waals surface area (Å²) in [5, 5.41) is 12.8. The fourth-order valence-corrected chi connectivity index (χ4v) is 5.70. The van der Waals surface area contributed by atoms with Gasteiger partial charge in [-0.2, -0.15) is 0 Å². The molecule has 2 aliphatic heterocycles. The number of rotatable bonds is 6. The van der Waals surface area contributed by atoms with Crippen molar-refractivity contribution in [1.29, 1.82) is 0 Å². The number of hydrogen-bond donors (Lipinski definition) is 1. The number of aliphatic hydroxyl groups is 1. The summed E-state index contributed by atoms with van der Waals surface area (Å²) < 4.78 is 8.03. The van der Waals surface area contributed by atoms with Gasteiger partial charge < -0.3 is 14.4 Å². The molecule has 31 heavy (non-hydrogen) atoms. The van der Waals surface area contributed by atoms with Crippen LogP contribution in [0.3, 0.4) is 0 Å². The zero-order valence-corrected chi connectivity index (χ0v) is 18.8. The van der Waals surface area contributed by atoms with Crippen LogP contribution in [0.4, 0.5) is 0 Å². The maximum Gasteiger partial charge on any atom is 0.119 e. The molecule has 0 aliphatic carbocycles. The molecule has 0 spiro atoms. The molecule has 5 heteroatoms. The van der Waals surface area contributed by atoms with Gasteiger partial charge in [0.1, 0.15) is 5.75 Å². The Morgan fingerprint density at radius 3 is 2.52 bits per heavy atom. The Kier molecular flexibility index (Phi) is 5.27. The lowest BCUT2D eigenvalue weighted by Crippen LogP contribution is -2.52. The second-order valence-electron chi connectivity index (χ2n) is 9.81. The van der Waals surface area contributed by atoms with Crippen LogP contribution in [0.1, 0.15) is 50.8 Å². The minimum absolute atomic E-state index is 0.193. The van der Waals surface area contributed by atoms with Crippen LogP contribution in [-0.2, 0) is 13.1 Å². The topological polar surface area (TPSA) is 50.5 Å². The lowest BCUT2D eigenvalue weighted by molar-refractivity contribution is -0.0647. The van der Waals surface area contributed by atoms with E-state index in [1.165, 1.54) is 29.5 Å². The Bertz CT molecular complexity index is 1040. The van der Waals surface area contributed by atoms with E-state index in [2.05, 4.69) is 65.6 Å². The SMILES string of the molecule is Cc1cc2ccncc2n1CC1(O)CC2CCC(C1)N2Cc1ccc(OC(C)C)cc1. The minimum atomic E-state index is -0.663. The second-order valence-corrected chi connectivity index (χ2v) is 9.81. The van der Waals surface area contributed by atoms with Crippen LogP contribution in [0, 0.1) is 6.92 Å². The van der Waals surface area contributed by atoms with Crippen LogP contribution < -0.4 is 4.74 Å². The number of ether oxygens (including phenoxy) is 1. The van der Waals surface area contributed by atoms with Gasteiger partial charge >= 0.3 is 0 Å². The highest BCUT2D eigenvalue weighted by Crippen LogP contribution is 2.43. The largest absolute Gasteiger partial charge is 0.491 e. The third kappa shape index (κ3) is 4.09. The summed E-state index contributed by atoms with van der Waals surface area (Å²) in [5.74, 6) is 0.929. The van der Waals surface area contributed by atoms with Crippen molar-refractivity contribution >= 4 is 10.9 Å². The normalized spacial score (nSPS) is 26.1. The van der Waals surface area contributed by atoms with Crippen LogP contribution in [0.15, 0.2) is 48.8 Å². The predicted octanol–water partition coefficient (Wildman–Crippen LogP) is 4.69. The Labute approximate surface area is 184 Å². The van der Waals surface area contributed by atoms with Gasteiger partial charge in [0.15, 0.2) is 0 Å². The summed E-state index contributed by atoms with van der Waals surface area (Å²) in [6, 6.07) is 13.6. The van der Waals surface area contributed by atoms with Gasteiger partial charge in [-0.25, -0.2) is 0 Å². The average Bonchev–Trinajstić information content (AvgIpc) is 3.16. The molecule has 5 rings (SSSR count). The smallest absolute Gasteiger partial charge is 0.119 e. The number of pyridine rings is 1. The molecule has 5 nitrogen and oxygen atoms in total. The van der Waals surface area contributed by atoms with E-state index in [0.29, 0.717) is 18.6 Å². The highest BCUT2D eigenvalue weighted by atomic mass is 16.5. The molecule has 2 atom stereocenters. The highest BCUT2D eigenvalue weighted by Gasteiger charge is 2.47. The van der Waals surface area contributed by atoms with Crippen molar-refractivity contribution in [2.75, 3.05) is 0 Å². The van der Waals surface area contributed by atoms with E-state index < -0.39 is 5.60 Å². The average molecular weight is 420 g/mol. The number of aromatic nitrogens is 2. The van der Waals surface area contributed by atoms with Crippen LogP contribution in [0.2, 0.25) is 0 Å². The maximum absolute atomic E-state index is 11.6. The van der Waals surface area contributed by atoms with Gasteiger partial charge in [-0.1, -0.05) is 12.1 Å². The van der Waals surface area contributed by atoms with Crippen molar-refractivity contribution in [2.24, 2.45) is 0 Å². The van der Waals surface area contributed by atoms with Crippen molar-refractivity contribution in [3.8, 4) is 5.75 Å². The van der Waals surface area contributed by atoms with E-state index in [9.17, 15) is 5.11 Å². The van der Waals surface area contributed by atoms with Gasteiger partial charge in [0.05, 0.1) is 30.0 Å². The minimum Gasteiger partial charge on any atom is -0.491 e. The maximum atomic E-state index is 11.6. The molecule has 2 saturated heterocycles. The number of benzene rings is 1. The van der Waals surface area contributed by atoms with E-state index in [1.807, 2.05) is 18.5 Å². The van der Waals surface area contributed by atoms with Crippen LogP contribution >= 0.6 is 0 Å². The monoisotopic (exact) mass is 419 g/mol. The third-order valence-electron chi connectivity index (χ3n) is 7.03. The molecule has 2 bridgehead atoms. The summed E-state index contributed by atoms with van der Waals surface area (Å²) in [5.41, 5.74) is 2.96. The van der Waals surface area contributed by atoms with E-state index in [0.717, 1.165) is 30.7 Å². The van der Waals surface area contributed by atoms with Crippen molar-refractivity contribution in [2.45, 2.75) is 83.3 Å². The van der Waals surface area contributed by atoms with E-state index in [-0.39, 0.29) is 6.10 Å². The van der Waals surface area contributed by atoms with Crippen molar-refractivity contribution in [3.63, 3.8) is 0 Å². The fraction of sp³-hybridized carbons (Fsp3) is 0.500. The number of piperidine rings is 1. The quantitative estimate of drug-likeness (QED) is 0.630. The molecule has 0 radical (unpaired) electrons. The molecule has 0 saturated carbocycles. The molecular formula is C26H33N3O2. The van der Waals surface area contributed by atoms with Gasteiger partial charge in [-0.05, 0) is 76.3 Å². The molecule has 2 fully saturated rings. The number of hydrogen-bond acceptors (Lipinski definition) is 4. The van der Waals surface area contributed by atoms with E-state index >= 15 is 0 Å². The first-order valence-corrected chi connectivity index (χ1v) is 11.5. The Balaban J connectivity index is 1.29. The molecule has 2 aliphatic rings. The van der Waals surface area contributed by atoms with E-state index in [4.69, 9.17) is 4.74 Å². The molecular weight excluding hydrogens is 386 g/mol. The number of fused-ring (bicyclic) bond motifs is 3. The molecule has 4 heterocycles. The lowest BCUT2D eigenvalue weighted by atomic mass is 9.85. The summed E-state index contributed by atoms with van der Waals surface area (Å²) >= 11 is 0. The molecule has 1 N–H and O–H groups in total. The first kappa shape index (κ1) is 20.5. The first-order chi connectivity index (χ1) is 14.9. The zero-order valence-electron chi connectivity index (χ0n) is 18.8. The van der Waals surface area contributed by atoms with Crippen LogP contribution in [0.25, 0.3) is 10.9 Å². The molecule has 2 unspecified atom stereocenters. The van der Waals surface area contributed by atoms with Gasteiger partial charge in [0.25, 0.3) is 0 Å². The molecule has 0 amide bonds. The van der Waals surface area contributed by atoms with Crippen LogP contribution in [-0.4, -0.2) is 43.3 Å². The highest BCUT2D eigenvalue weighted by molar-refractivity contribution is 5.80. The van der Waals surface area contributed by atoms with Gasteiger partial charge in [0.2, 0.25) is 0 Å². The second kappa shape index (κ2) is 7.95. The van der Waals surface area contributed by atoms with Gasteiger partial charge in [0, 0.05) is 35.9 Å². The summed E-state index contributed by atoms with van der Waals surface area (Å²) in [6.07, 6.45) is 7.96. The number of aryl methyl sites for hydroxylation is 1. The fourth-order valence-electron chi connectivity index (χ4n) is 5.70. The molecule has 164 valence electrons. The first-order valence-electron chi connectivity index (χ1n) is 11.5. The summed E-state index contributed by atoms with van der Waals surface area (Å²) in [4.78, 5) is 6.93. The summed E-state index contributed by atoms with van der Waals surface area (Å²) in [6.45, 7) is 7.82. The third-order valence-corrected chi connectivity index (χ3v) is 7.03. The number of nitrogens with zero attached hydrogens (tertiary/aromatic N) is 3. The van der Waals surface area contributed by atoms with Crippen molar-refractivity contribution < 1.29 is 9.84 Å². The van der Waals surface area contributed by atoms with Crippen molar-refractivity contribution in [3.05, 3.63) is 60.0 Å². The Hall–Kier alpha value is -2.37. The van der Waals surface area contributed by atoms with Crippen molar-refractivity contribution in [1.82, 2.24) is 14.5 Å². The molecule has 1 aromatic carbocycles. The molecule has 3 aromatic rings.